The lowest BCUT2D eigenvalue weighted by Gasteiger charge is -2.10. The van der Waals surface area contributed by atoms with E-state index < -0.39 is 5.97 Å². The van der Waals surface area contributed by atoms with Crippen molar-refractivity contribution in [1.82, 2.24) is 9.78 Å². The van der Waals surface area contributed by atoms with Crippen molar-refractivity contribution in [1.29, 1.82) is 0 Å². The molecule has 0 fully saturated rings. The molecule has 0 spiro atoms. The van der Waals surface area contributed by atoms with Gasteiger partial charge in [-0.25, -0.2) is 0 Å². The van der Waals surface area contributed by atoms with Gasteiger partial charge in [0.2, 0.25) is 0 Å². The molecule has 8 heteroatoms. The van der Waals surface area contributed by atoms with Gasteiger partial charge >= 0.3 is 5.97 Å². The average Bonchev–Trinajstić information content (AvgIpc) is 2.86. The Morgan fingerprint density at radius 1 is 1.38 bits per heavy atom. The predicted octanol–water partition coefficient (Wildman–Crippen LogP) is 4.35. The van der Waals surface area contributed by atoms with Gasteiger partial charge in [-0.05, 0) is 18.1 Å². The molecule has 1 aromatic carbocycles. The van der Waals surface area contributed by atoms with E-state index in [0.717, 1.165) is 18.0 Å². The molecule has 0 radical (unpaired) electrons. The van der Waals surface area contributed by atoms with Crippen LogP contribution in [0.1, 0.15) is 41.4 Å². The number of aromatic nitrogens is 2. The summed E-state index contributed by atoms with van der Waals surface area (Å²) in [5, 5.41) is 14.9. The molecular weight excluding hydrogens is 371 g/mol. The summed E-state index contributed by atoms with van der Waals surface area (Å²) in [6.45, 7) is 4.11. The Hall–Kier alpha value is -1.50. The first-order chi connectivity index (χ1) is 11.3. The minimum absolute atomic E-state index is 0.0253. The number of carboxylic acids is 1. The van der Waals surface area contributed by atoms with Gasteiger partial charge in [-0.3, -0.25) is 14.3 Å². The molecule has 0 aliphatic heterocycles. The fourth-order valence-corrected chi connectivity index (χ4v) is 3.58. The second-order valence-electron chi connectivity index (χ2n) is 5.42. The van der Waals surface area contributed by atoms with Crippen LogP contribution in [-0.2, 0) is 11.3 Å². The number of halogens is 2. The molecule has 2 aromatic rings. The smallest absolute Gasteiger partial charge is 0.313 e. The quantitative estimate of drug-likeness (QED) is 0.565. The molecule has 0 amide bonds. The Morgan fingerprint density at radius 3 is 2.50 bits per heavy atom. The van der Waals surface area contributed by atoms with Gasteiger partial charge < -0.3 is 5.11 Å². The van der Waals surface area contributed by atoms with Gasteiger partial charge in [-0.2, -0.15) is 5.10 Å². The molecule has 1 N–H and O–H groups in total. The molecule has 0 atom stereocenters. The van der Waals surface area contributed by atoms with Crippen LogP contribution >= 0.6 is 35.0 Å². The Balaban J connectivity index is 2.51. The lowest BCUT2D eigenvalue weighted by atomic mass is 10.1. The van der Waals surface area contributed by atoms with Gasteiger partial charge in [0.15, 0.2) is 6.29 Å². The van der Waals surface area contributed by atoms with Crippen molar-refractivity contribution in [3.63, 3.8) is 0 Å². The van der Waals surface area contributed by atoms with Crippen molar-refractivity contribution in [2.75, 3.05) is 5.75 Å². The summed E-state index contributed by atoms with van der Waals surface area (Å²) in [7, 11) is 0. The highest BCUT2D eigenvalue weighted by molar-refractivity contribution is 8.00. The first-order valence-electron chi connectivity index (χ1n) is 7.18. The molecule has 1 heterocycles. The van der Waals surface area contributed by atoms with Gasteiger partial charge in [-0.15, -0.1) is 0 Å². The number of hydrogen-bond acceptors (Lipinski definition) is 4. The topological polar surface area (TPSA) is 72.2 Å². The largest absolute Gasteiger partial charge is 0.481 e. The normalized spacial score (nSPS) is 11.0. The van der Waals surface area contributed by atoms with E-state index in [1.807, 2.05) is 13.8 Å². The standard InChI is InChI=1S/C16H16Cl2N2O3S/c1-9(2)15-11(7-21)16(24-8-14(22)23)20(19-15)6-10-12(17)4-3-5-13(10)18/h3-5,7,9H,6,8H2,1-2H3,(H,22,23). The summed E-state index contributed by atoms with van der Waals surface area (Å²) in [6, 6.07) is 5.19. The zero-order valence-electron chi connectivity index (χ0n) is 13.1. The summed E-state index contributed by atoms with van der Waals surface area (Å²) >= 11 is 13.5. The van der Waals surface area contributed by atoms with E-state index in [0.29, 0.717) is 31.9 Å². The first-order valence-corrected chi connectivity index (χ1v) is 8.92. The molecule has 5 nitrogen and oxygen atoms in total. The van der Waals surface area contributed by atoms with Gasteiger partial charge in [0, 0.05) is 15.6 Å². The number of rotatable bonds is 7. The Morgan fingerprint density at radius 2 is 2.00 bits per heavy atom. The molecular formula is C16H16Cl2N2O3S. The van der Waals surface area contributed by atoms with Crippen molar-refractivity contribution < 1.29 is 14.7 Å². The molecule has 0 bridgehead atoms. The zero-order valence-corrected chi connectivity index (χ0v) is 15.5. The summed E-state index contributed by atoms with van der Waals surface area (Å²) in [5.41, 5.74) is 1.72. The molecule has 0 unspecified atom stereocenters. The van der Waals surface area contributed by atoms with E-state index in [2.05, 4.69) is 5.10 Å². The number of carbonyl (C=O) groups excluding carboxylic acids is 1. The van der Waals surface area contributed by atoms with Crippen molar-refractivity contribution in [2.45, 2.75) is 31.3 Å². The predicted molar refractivity (Wildman–Crippen MR) is 95.6 cm³/mol. The second-order valence-corrected chi connectivity index (χ2v) is 7.20. The van der Waals surface area contributed by atoms with Crippen LogP contribution in [0.4, 0.5) is 0 Å². The average molecular weight is 387 g/mol. The van der Waals surface area contributed by atoms with Gasteiger partial charge in [0.25, 0.3) is 0 Å². The number of thioether (sulfide) groups is 1. The summed E-state index contributed by atoms with van der Waals surface area (Å²) < 4.78 is 1.60. The maximum Gasteiger partial charge on any atom is 0.313 e. The number of hydrogen-bond donors (Lipinski definition) is 1. The zero-order chi connectivity index (χ0) is 17.9. The summed E-state index contributed by atoms with van der Waals surface area (Å²) in [4.78, 5) is 22.4. The van der Waals surface area contributed by atoms with Crippen LogP contribution < -0.4 is 0 Å². The van der Waals surface area contributed by atoms with Gasteiger partial charge in [0.05, 0.1) is 23.6 Å². The molecule has 2 rings (SSSR count). The lowest BCUT2D eigenvalue weighted by molar-refractivity contribution is -0.133. The van der Waals surface area contributed by atoms with Crippen LogP contribution in [0, 0.1) is 0 Å². The third kappa shape index (κ3) is 4.12. The lowest BCUT2D eigenvalue weighted by Crippen LogP contribution is -2.07. The molecule has 0 aliphatic rings. The Bertz CT molecular complexity index is 755. The van der Waals surface area contributed by atoms with Crippen molar-refractivity contribution in [3.05, 3.63) is 45.1 Å². The fraction of sp³-hybridized carbons (Fsp3) is 0.312. The second kappa shape index (κ2) is 8.05. The van der Waals surface area contributed by atoms with E-state index >= 15 is 0 Å². The van der Waals surface area contributed by atoms with Crippen molar-refractivity contribution >= 4 is 47.2 Å². The first kappa shape index (κ1) is 18.8. The number of carbonyl (C=O) groups is 2. The van der Waals surface area contributed by atoms with Gasteiger partial charge in [-0.1, -0.05) is 54.9 Å². The third-order valence-electron chi connectivity index (χ3n) is 3.34. The van der Waals surface area contributed by atoms with E-state index in [1.165, 1.54) is 0 Å². The fourth-order valence-electron chi connectivity index (χ4n) is 2.24. The van der Waals surface area contributed by atoms with E-state index in [4.69, 9.17) is 28.3 Å². The molecule has 0 aliphatic carbocycles. The van der Waals surface area contributed by atoms with E-state index in [9.17, 15) is 9.59 Å². The third-order valence-corrected chi connectivity index (χ3v) is 5.14. The number of carboxylic acid groups (broad SMARTS) is 1. The van der Waals surface area contributed by atoms with Crippen LogP contribution in [0.3, 0.4) is 0 Å². The van der Waals surface area contributed by atoms with E-state index in [-0.39, 0.29) is 18.2 Å². The molecule has 128 valence electrons. The maximum atomic E-state index is 11.5. The minimum Gasteiger partial charge on any atom is -0.481 e. The minimum atomic E-state index is -0.966. The highest BCUT2D eigenvalue weighted by atomic mass is 35.5. The molecule has 1 aromatic heterocycles. The van der Waals surface area contributed by atoms with E-state index in [1.54, 1.807) is 22.9 Å². The summed E-state index contributed by atoms with van der Waals surface area (Å²) in [5.74, 6) is -1.11. The van der Waals surface area contributed by atoms with Crippen LogP contribution in [0.2, 0.25) is 10.0 Å². The highest BCUT2D eigenvalue weighted by Gasteiger charge is 2.22. The van der Waals surface area contributed by atoms with Gasteiger partial charge in [0.1, 0.15) is 5.03 Å². The Labute approximate surface area is 153 Å². The maximum absolute atomic E-state index is 11.5. The Kier molecular flexibility index (Phi) is 6.32. The van der Waals surface area contributed by atoms with Crippen molar-refractivity contribution in [3.8, 4) is 0 Å². The van der Waals surface area contributed by atoms with Crippen LogP contribution in [0.25, 0.3) is 0 Å². The van der Waals surface area contributed by atoms with Crippen molar-refractivity contribution in [2.24, 2.45) is 0 Å². The molecule has 24 heavy (non-hydrogen) atoms. The monoisotopic (exact) mass is 386 g/mol. The number of benzene rings is 1. The molecule has 0 saturated heterocycles. The van der Waals surface area contributed by atoms with Crippen LogP contribution in [0.5, 0.6) is 0 Å². The summed E-state index contributed by atoms with van der Waals surface area (Å²) in [6.07, 6.45) is 0.719. The van der Waals surface area contributed by atoms with Crippen LogP contribution in [-0.4, -0.2) is 32.9 Å². The SMILES string of the molecule is CC(C)c1nn(Cc2c(Cl)cccc2Cl)c(SCC(=O)O)c1C=O. The molecule has 0 saturated carbocycles. The van der Waals surface area contributed by atoms with Crippen LogP contribution in [0.15, 0.2) is 23.2 Å². The number of aliphatic carboxylic acids is 1. The number of nitrogens with zero attached hydrogens (tertiary/aromatic N) is 2. The highest BCUT2D eigenvalue weighted by Crippen LogP contribution is 2.31. The number of aldehydes is 1.